The minimum atomic E-state index is -0.106. The van der Waals surface area contributed by atoms with Crippen LogP contribution in [0.4, 0.5) is 0 Å². The first-order valence-electron chi connectivity index (χ1n) is 7.17. The molecule has 2 aromatic carbocycles. The molecule has 0 aliphatic rings. The molecule has 0 unspecified atom stereocenters. The lowest BCUT2D eigenvalue weighted by Crippen LogP contribution is -2.02. The highest BCUT2D eigenvalue weighted by molar-refractivity contribution is 5.97. The van der Waals surface area contributed by atoms with Crippen LogP contribution in [-0.4, -0.2) is 22.1 Å². The highest BCUT2D eigenvalue weighted by Gasteiger charge is 2.10. The summed E-state index contributed by atoms with van der Waals surface area (Å²) in [5.41, 5.74) is 4.21. The van der Waals surface area contributed by atoms with Crippen LogP contribution in [0.3, 0.4) is 0 Å². The van der Waals surface area contributed by atoms with Gasteiger partial charge in [-0.2, -0.15) is 0 Å². The Morgan fingerprint density at radius 3 is 2.61 bits per heavy atom. The van der Waals surface area contributed by atoms with Crippen molar-refractivity contribution in [3.05, 3.63) is 65.2 Å². The van der Waals surface area contributed by atoms with Crippen LogP contribution in [0.5, 0.6) is 5.75 Å². The number of nitrogens with one attached hydrogen (secondary N) is 1. The molecule has 2 heterocycles. The van der Waals surface area contributed by atoms with Crippen molar-refractivity contribution in [2.75, 3.05) is 7.11 Å². The fourth-order valence-corrected chi connectivity index (χ4v) is 2.75. The van der Waals surface area contributed by atoms with Crippen LogP contribution in [0, 0.1) is 0 Å². The smallest absolute Gasteiger partial charge is 0.248 e. The number of pyridine rings is 1. The molecule has 0 fully saturated rings. The first-order valence-corrected chi connectivity index (χ1v) is 7.17. The molecule has 0 aliphatic heterocycles. The fourth-order valence-electron chi connectivity index (χ4n) is 2.75. The van der Waals surface area contributed by atoms with Crippen LogP contribution < -0.4 is 10.3 Å². The molecule has 5 heteroatoms. The van der Waals surface area contributed by atoms with Gasteiger partial charge in [0.15, 0.2) is 0 Å². The number of hydrogen-bond acceptors (Lipinski definition) is 4. The van der Waals surface area contributed by atoms with E-state index in [-0.39, 0.29) is 5.56 Å². The topological polar surface area (TPSA) is 67.9 Å². The van der Waals surface area contributed by atoms with E-state index in [2.05, 4.69) is 15.0 Å². The largest absolute Gasteiger partial charge is 0.494 e. The van der Waals surface area contributed by atoms with Gasteiger partial charge < -0.3 is 9.72 Å². The summed E-state index contributed by atoms with van der Waals surface area (Å²) in [5, 5.41) is 0.968. The average Bonchev–Trinajstić information content (AvgIpc) is 2.60. The van der Waals surface area contributed by atoms with Gasteiger partial charge >= 0.3 is 0 Å². The fraction of sp³-hybridized carbons (Fsp3) is 0.0556. The number of ether oxygens (including phenoxy) is 1. The van der Waals surface area contributed by atoms with E-state index in [4.69, 9.17) is 4.74 Å². The Kier molecular flexibility index (Phi) is 3.05. The second kappa shape index (κ2) is 5.21. The van der Waals surface area contributed by atoms with Crippen LogP contribution in [-0.2, 0) is 0 Å². The summed E-state index contributed by atoms with van der Waals surface area (Å²) >= 11 is 0. The van der Waals surface area contributed by atoms with Crippen molar-refractivity contribution in [1.29, 1.82) is 0 Å². The first kappa shape index (κ1) is 13.5. The van der Waals surface area contributed by atoms with E-state index in [1.165, 1.54) is 6.07 Å². The maximum absolute atomic E-state index is 11.4. The number of H-pyrrole nitrogens is 1. The lowest BCUT2D eigenvalue weighted by molar-refractivity contribution is 0.419. The van der Waals surface area contributed by atoms with Crippen molar-refractivity contribution in [3.8, 4) is 16.9 Å². The molecule has 2 aromatic heterocycles. The van der Waals surface area contributed by atoms with E-state index >= 15 is 0 Å². The van der Waals surface area contributed by atoms with Crippen molar-refractivity contribution in [2.45, 2.75) is 0 Å². The highest BCUT2D eigenvalue weighted by Crippen LogP contribution is 2.32. The number of aromatic amines is 1. The van der Waals surface area contributed by atoms with Crippen molar-refractivity contribution in [3.63, 3.8) is 0 Å². The zero-order valence-electron chi connectivity index (χ0n) is 12.4. The van der Waals surface area contributed by atoms with Crippen molar-refractivity contribution >= 4 is 21.9 Å². The van der Waals surface area contributed by atoms with E-state index in [9.17, 15) is 4.79 Å². The SMILES string of the molecule is COc1ccc(-c2ccc3[nH]c(=O)ccc3c2)c2nccnc12. The molecule has 0 atom stereocenters. The number of fused-ring (bicyclic) bond motifs is 2. The van der Waals surface area contributed by atoms with Crippen molar-refractivity contribution in [1.82, 2.24) is 15.0 Å². The van der Waals surface area contributed by atoms with Gasteiger partial charge in [0.05, 0.1) is 7.11 Å². The lowest BCUT2D eigenvalue weighted by atomic mass is 10.0. The maximum atomic E-state index is 11.4. The molecule has 5 nitrogen and oxygen atoms in total. The molecule has 4 rings (SSSR count). The van der Waals surface area contributed by atoms with Crippen LogP contribution in [0.15, 0.2) is 59.7 Å². The van der Waals surface area contributed by atoms with Crippen LogP contribution in [0.25, 0.3) is 33.1 Å². The number of rotatable bonds is 2. The van der Waals surface area contributed by atoms with Gasteiger partial charge in [-0.25, -0.2) is 4.98 Å². The summed E-state index contributed by atoms with van der Waals surface area (Å²) in [5.74, 6) is 0.696. The molecule has 0 bridgehead atoms. The molecule has 0 saturated heterocycles. The third-order valence-corrected chi connectivity index (χ3v) is 3.84. The number of hydrogen-bond donors (Lipinski definition) is 1. The second-order valence-electron chi connectivity index (χ2n) is 5.19. The zero-order chi connectivity index (χ0) is 15.8. The van der Waals surface area contributed by atoms with Gasteiger partial charge in [0, 0.05) is 29.5 Å². The molecule has 0 spiro atoms. The molecule has 0 aliphatic carbocycles. The molecule has 0 amide bonds. The Hall–Kier alpha value is -3.21. The molecular formula is C18H13N3O2. The van der Waals surface area contributed by atoms with E-state index in [0.717, 1.165) is 33.1 Å². The number of nitrogens with zero attached hydrogens (tertiary/aromatic N) is 2. The van der Waals surface area contributed by atoms with Gasteiger partial charge in [-0.3, -0.25) is 9.78 Å². The minimum Gasteiger partial charge on any atom is -0.494 e. The average molecular weight is 303 g/mol. The Balaban J connectivity index is 1.99. The number of aromatic nitrogens is 3. The molecule has 0 saturated carbocycles. The summed E-state index contributed by atoms with van der Waals surface area (Å²) in [7, 11) is 1.62. The van der Waals surface area contributed by atoms with Gasteiger partial charge in [0.25, 0.3) is 0 Å². The molecule has 1 N–H and O–H groups in total. The van der Waals surface area contributed by atoms with Crippen molar-refractivity contribution < 1.29 is 4.74 Å². The summed E-state index contributed by atoms with van der Waals surface area (Å²) in [6, 6.07) is 13.1. The molecular weight excluding hydrogens is 290 g/mol. The number of benzene rings is 2. The van der Waals surface area contributed by atoms with Gasteiger partial charge in [-0.05, 0) is 41.3 Å². The molecule has 4 aromatic rings. The van der Waals surface area contributed by atoms with Crippen molar-refractivity contribution in [2.24, 2.45) is 0 Å². The second-order valence-corrected chi connectivity index (χ2v) is 5.19. The van der Waals surface area contributed by atoms with Gasteiger partial charge in [0.1, 0.15) is 16.8 Å². The van der Waals surface area contributed by atoms with Gasteiger partial charge in [-0.1, -0.05) is 6.07 Å². The summed E-state index contributed by atoms with van der Waals surface area (Å²) in [6.07, 6.45) is 3.32. The Bertz CT molecular complexity index is 1090. The highest BCUT2D eigenvalue weighted by atomic mass is 16.5. The predicted octanol–water partition coefficient (Wildman–Crippen LogP) is 3.15. The summed E-state index contributed by atoms with van der Waals surface area (Å²) in [4.78, 5) is 23.1. The van der Waals surface area contributed by atoms with E-state index in [1.807, 2.05) is 36.4 Å². The van der Waals surface area contributed by atoms with Gasteiger partial charge in [-0.15, -0.1) is 0 Å². The quantitative estimate of drug-likeness (QED) is 0.617. The standard InChI is InChI=1S/C18H13N3O2/c1-23-15-6-4-13(17-18(15)20-9-8-19-17)11-2-5-14-12(10-11)3-7-16(22)21-14/h2-10H,1H3,(H,21,22). The Morgan fingerprint density at radius 2 is 1.78 bits per heavy atom. The predicted molar refractivity (Wildman–Crippen MR) is 89.7 cm³/mol. The maximum Gasteiger partial charge on any atom is 0.248 e. The zero-order valence-corrected chi connectivity index (χ0v) is 12.4. The summed E-state index contributed by atoms with van der Waals surface area (Å²) < 4.78 is 5.36. The number of methoxy groups -OCH3 is 1. The molecule has 0 radical (unpaired) electrons. The summed E-state index contributed by atoms with van der Waals surface area (Å²) in [6.45, 7) is 0. The Labute approximate surface area is 131 Å². The van der Waals surface area contributed by atoms with E-state index in [1.54, 1.807) is 19.5 Å². The third-order valence-electron chi connectivity index (χ3n) is 3.84. The van der Waals surface area contributed by atoms with E-state index in [0.29, 0.717) is 5.75 Å². The van der Waals surface area contributed by atoms with E-state index < -0.39 is 0 Å². The lowest BCUT2D eigenvalue weighted by Gasteiger charge is -2.09. The minimum absolute atomic E-state index is 0.106. The van der Waals surface area contributed by atoms with Gasteiger partial charge in [0.2, 0.25) is 5.56 Å². The van der Waals surface area contributed by atoms with Crippen LogP contribution in [0.1, 0.15) is 0 Å². The monoisotopic (exact) mass is 303 g/mol. The Morgan fingerprint density at radius 1 is 0.957 bits per heavy atom. The third kappa shape index (κ3) is 2.23. The molecule has 23 heavy (non-hydrogen) atoms. The molecule has 112 valence electrons. The van der Waals surface area contributed by atoms with Crippen LogP contribution in [0.2, 0.25) is 0 Å². The van der Waals surface area contributed by atoms with Crippen LogP contribution >= 0.6 is 0 Å². The normalized spacial score (nSPS) is 11.0. The first-order chi connectivity index (χ1) is 11.3.